The molecule has 0 aliphatic heterocycles. The van der Waals surface area contributed by atoms with Crippen molar-refractivity contribution in [3.63, 3.8) is 0 Å². The van der Waals surface area contributed by atoms with Crippen molar-refractivity contribution in [1.82, 2.24) is 24.4 Å². The van der Waals surface area contributed by atoms with Gasteiger partial charge in [-0.3, -0.25) is 9.08 Å². The Labute approximate surface area is 126 Å². The van der Waals surface area contributed by atoms with E-state index in [0.29, 0.717) is 5.82 Å². The molecule has 0 amide bonds. The van der Waals surface area contributed by atoms with Crippen LogP contribution in [0.4, 0.5) is 0 Å². The number of phenolic OH excluding ortho intramolecular Hbond substituents is 1. The minimum atomic E-state index is 0.206. The maximum atomic E-state index is 9.66. The lowest BCUT2D eigenvalue weighted by Crippen LogP contribution is -1.96. The van der Waals surface area contributed by atoms with Gasteiger partial charge in [0.15, 0.2) is 11.5 Å². The van der Waals surface area contributed by atoms with Crippen LogP contribution in [0.25, 0.3) is 28.3 Å². The molecule has 0 spiro atoms. The zero-order chi connectivity index (χ0) is 15.1. The van der Waals surface area contributed by atoms with Crippen LogP contribution in [0.15, 0.2) is 54.9 Å². The Bertz CT molecular complexity index is 970. The van der Waals surface area contributed by atoms with Crippen LogP contribution in [0.5, 0.6) is 5.75 Å². The van der Waals surface area contributed by atoms with Gasteiger partial charge in [0.05, 0.1) is 5.69 Å². The molecule has 0 aliphatic carbocycles. The molecule has 0 saturated heterocycles. The molecule has 0 atom stereocenters. The molecule has 22 heavy (non-hydrogen) atoms. The number of phenols is 1. The third kappa shape index (κ3) is 1.93. The van der Waals surface area contributed by atoms with E-state index in [1.807, 2.05) is 46.6 Å². The van der Waals surface area contributed by atoms with Crippen molar-refractivity contribution in [2.45, 2.75) is 0 Å². The van der Waals surface area contributed by atoms with Crippen LogP contribution >= 0.6 is 0 Å². The van der Waals surface area contributed by atoms with Crippen molar-refractivity contribution in [3.05, 3.63) is 54.9 Å². The summed E-state index contributed by atoms with van der Waals surface area (Å²) in [6.45, 7) is 0. The highest BCUT2D eigenvalue weighted by atomic mass is 16.3. The van der Waals surface area contributed by atoms with E-state index in [9.17, 15) is 5.11 Å². The largest absolute Gasteiger partial charge is 0.508 e. The van der Waals surface area contributed by atoms with Gasteiger partial charge in [0.2, 0.25) is 0 Å². The van der Waals surface area contributed by atoms with Crippen LogP contribution in [0.3, 0.4) is 0 Å². The minimum absolute atomic E-state index is 0.206. The first-order chi connectivity index (χ1) is 10.7. The van der Waals surface area contributed by atoms with Gasteiger partial charge in [0.25, 0.3) is 0 Å². The lowest BCUT2D eigenvalue weighted by molar-refractivity contribution is 0.475. The van der Waals surface area contributed by atoms with E-state index in [4.69, 9.17) is 0 Å². The molecule has 1 aromatic carbocycles. The smallest absolute Gasteiger partial charge is 0.168 e. The third-order valence-corrected chi connectivity index (χ3v) is 3.62. The van der Waals surface area contributed by atoms with Crippen molar-refractivity contribution in [2.24, 2.45) is 7.05 Å². The Morgan fingerprint density at radius 1 is 1.00 bits per heavy atom. The fourth-order valence-electron chi connectivity index (χ4n) is 2.54. The van der Waals surface area contributed by atoms with E-state index in [1.54, 1.807) is 24.4 Å². The molecule has 0 saturated carbocycles. The Morgan fingerprint density at radius 3 is 2.68 bits per heavy atom. The summed E-state index contributed by atoms with van der Waals surface area (Å²) in [5.41, 5.74) is 3.60. The predicted octanol–water partition coefficient (Wildman–Crippen LogP) is 2.50. The molecule has 0 unspecified atom stereocenters. The number of aryl methyl sites for hydroxylation is 1. The van der Waals surface area contributed by atoms with Crippen LogP contribution in [0.1, 0.15) is 0 Å². The topological polar surface area (TPSA) is 68.2 Å². The number of rotatable bonds is 2. The second-order valence-electron chi connectivity index (χ2n) is 5.06. The molecule has 6 nitrogen and oxygen atoms in total. The number of hydrogen-bond donors (Lipinski definition) is 1. The molecule has 1 N–H and O–H groups in total. The van der Waals surface area contributed by atoms with Crippen molar-refractivity contribution in [2.75, 3.05) is 0 Å². The third-order valence-electron chi connectivity index (χ3n) is 3.62. The Kier molecular flexibility index (Phi) is 2.69. The zero-order valence-electron chi connectivity index (χ0n) is 11.9. The quantitative estimate of drug-likeness (QED) is 0.616. The first-order valence-electron chi connectivity index (χ1n) is 6.85. The van der Waals surface area contributed by atoms with E-state index in [0.717, 1.165) is 22.5 Å². The predicted molar refractivity (Wildman–Crippen MR) is 82.3 cm³/mol. The number of benzene rings is 1. The molecule has 0 fully saturated rings. The summed E-state index contributed by atoms with van der Waals surface area (Å²) in [5, 5.41) is 22.3. The maximum absolute atomic E-state index is 9.66. The molecule has 4 aromatic rings. The van der Waals surface area contributed by atoms with Gasteiger partial charge >= 0.3 is 0 Å². The van der Waals surface area contributed by atoms with Gasteiger partial charge in [-0.25, -0.2) is 0 Å². The second-order valence-corrected chi connectivity index (χ2v) is 5.06. The van der Waals surface area contributed by atoms with Gasteiger partial charge in [-0.05, 0) is 30.3 Å². The van der Waals surface area contributed by atoms with Crippen LogP contribution < -0.4 is 0 Å². The Hall–Kier alpha value is -3.15. The van der Waals surface area contributed by atoms with Gasteiger partial charge < -0.3 is 5.11 Å². The minimum Gasteiger partial charge on any atom is -0.508 e. The molecule has 0 bridgehead atoms. The average Bonchev–Trinajstić information content (AvgIpc) is 3.12. The van der Waals surface area contributed by atoms with Crippen LogP contribution in [0, 0.1) is 0 Å². The molecule has 4 rings (SSSR count). The maximum Gasteiger partial charge on any atom is 0.168 e. The summed E-state index contributed by atoms with van der Waals surface area (Å²) in [6, 6.07) is 12.9. The molecular weight excluding hydrogens is 278 g/mol. The summed E-state index contributed by atoms with van der Waals surface area (Å²) >= 11 is 0. The van der Waals surface area contributed by atoms with Crippen molar-refractivity contribution in [3.8, 4) is 28.4 Å². The highest BCUT2D eigenvalue weighted by Gasteiger charge is 2.11. The standard InChI is InChI=1S/C16H13N5O/c1-20-14(7-8-17-20)12-5-6-15-18-19-16(21(15)10-12)11-3-2-4-13(22)9-11/h2-10,22H,1H3. The highest BCUT2D eigenvalue weighted by molar-refractivity contribution is 5.66. The molecule has 3 aromatic heterocycles. The van der Waals surface area contributed by atoms with Crippen LogP contribution in [-0.4, -0.2) is 29.5 Å². The molecule has 0 radical (unpaired) electrons. The summed E-state index contributed by atoms with van der Waals surface area (Å²) in [5.74, 6) is 0.895. The normalized spacial score (nSPS) is 11.1. The lowest BCUT2D eigenvalue weighted by atomic mass is 10.2. The van der Waals surface area contributed by atoms with E-state index in [-0.39, 0.29) is 5.75 Å². The average molecular weight is 291 g/mol. The molecule has 108 valence electrons. The van der Waals surface area contributed by atoms with Crippen LogP contribution in [0.2, 0.25) is 0 Å². The van der Waals surface area contributed by atoms with E-state index in [1.165, 1.54) is 0 Å². The number of aromatic nitrogens is 5. The van der Waals surface area contributed by atoms with Gasteiger partial charge in [0.1, 0.15) is 5.75 Å². The number of nitrogens with zero attached hydrogens (tertiary/aromatic N) is 5. The monoisotopic (exact) mass is 291 g/mol. The van der Waals surface area contributed by atoms with E-state index in [2.05, 4.69) is 15.3 Å². The van der Waals surface area contributed by atoms with Crippen LogP contribution in [-0.2, 0) is 7.05 Å². The zero-order valence-corrected chi connectivity index (χ0v) is 11.9. The summed E-state index contributed by atoms with van der Waals surface area (Å²) in [4.78, 5) is 0. The van der Waals surface area contributed by atoms with Gasteiger partial charge in [-0.15, -0.1) is 10.2 Å². The number of hydrogen-bond acceptors (Lipinski definition) is 4. The fraction of sp³-hybridized carbons (Fsp3) is 0.0625. The molecule has 0 aliphatic rings. The number of aromatic hydroxyl groups is 1. The molecule has 3 heterocycles. The second kappa shape index (κ2) is 4.70. The summed E-state index contributed by atoms with van der Waals surface area (Å²) in [7, 11) is 1.90. The lowest BCUT2D eigenvalue weighted by Gasteiger charge is -2.05. The van der Waals surface area contributed by atoms with Crippen molar-refractivity contribution >= 4 is 5.65 Å². The van der Waals surface area contributed by atoms with Crippen molar-refractivity contribution in [1.29, 1.82) is 0 Å². The first-order valence-corrected chi connectivity index (χ1v) is 6.85. The first kappa shape index (κ1) is 12.6. The number of fused-ring (bicyclic) bond motifs is 1. The van der Waals surface area contributed by atoms with Gasteiger partial charge in [0, 0.05) is 30.6 Å². The van der Waals surface area contributed by atoms with E-state index < -0.39 is 0 Å². The van der Waals surface area contributed by atoms with Gasteiger partial charge in [-0.2, -0.15) is 5.10 Å². The fourth-order valence-corrected chi connectivity index (χ4v) is 2.54. The SMILES string of the molecule is Cn1nccc1-c1ccc2nnc(-c3cccc(O)c3)n2c1. The Balaban J connectivity index is 1.92. The highest BCUT2D eigenvalue weighted by Crippen LogP contribution is 2.25. The Morgan fingerprint density at radius 2 is 1.91 bits per heavy atom. The molecule has 6 heteroatoms. The van der Waals surface area contributed by atoms with Gasteiger partial charge in [-0.1, -0.05) is 12.1 Å². The number of pyridine rings is 1. The van der Waals surface area contributed by atoms with E-state index >= 15 is 0 Å². The summed E-state index contributed by atoms with van der Waals surface area (Å²) < 4.78 is 3.73. The summed E-state index contributed by atoms with van der Waals surface area (Å²) in [6.07, 6.45) is 3.74. The molecular formula is C16H13N5O. The van der Waals surface area contributed by atoms with Crippen molar-refractivity contribution < 1.29 is 5.11 Å².